The highest BCUT2D eigenvalue weighted by atomic mass is 35.5. The number of hydrogen-bond donors (Lipinski definition) is 0. The van der Waals surface area contributed by atoms with Crippen LogP contribution in [0.2, 0.25) is 5.35 Å². The molecule has 0 aliphatic rings. The highest BCUT2D eigenvalue weighted by molar-refractivity contribution is 6.28. The molecule has 2 heterocycles. The van der Waals surface area contributed by atoms with Gasteiger partial charge in [0.25, 0.3) is 5.35 Å². The van der Waals surface area contributed by atoms with Crippen molar-refractivity contribution < 1.29 is 4.42 Å². The van der Waals surface area contributed by atoms with Gasteiger partial charge in [-0.2, -0.15) is 4.98 Å². The van der Waals surface area contributed by atoms with Gasteiger partial charge >= 0.3 is 0 Å². The smallest absolute Gasteiger partial charge is 0.293 e. The zero-order chi connectivity index (χ0) is 10.3. The average Bonchev–Trinajstić information content (AvgIpc) is 2.82. The van der Waals surface area contributed by atoms with Crippen LogP contribution < -0.4 is 0 Å². The van der Waals surface area contributed by atoms with Crippen LogP contribution >= 0.6 is 11.6 Å². The average molecular weight is 221 g/mol. The molecule has 0 radical (unpaired) electrons. The standard InChI is InChI=1S/C9H5ClN4O/c10-9-13-6-2-1-3-7(8(6)15-9)14-4-11-12-5-14/h1-5H. The van der Waals surface area contributed by atoms with Crippen LogP contribution in [0.15, 0.2) is 35.3 Å². The van der Waals surface area contributed by atoms with Crippen LogP contribution in [-0.4, -0.2) is 19.7 Å². The van der Waals surface area contributed by atoms with Crippen molar-refractivity contribution in [2.75, 3.05) is 0 Å². The maximum Gasteiger partial charge on any atom is 0.293 e. The third-order valence-electron chi connectivity index (χ3n) is 2.07. The molecule has 0 saturated carbocycles. The second-order valence-corrected chi connectivity index (χ2v) is 3.28. The van der Waals surface area contributed by atoms with Gasteiger partial charge in [0.15, 0.2) is 5.58 Å². The molecule has 0 bridgehead atoms. The van der Waals surface area contributed by atoms with E-state index in [1.165, 1.54) is 0 Å². The van der Waals surface area contributed by atoms with Gasteiger partial charge in [0.1, 0.15) is 18.2 Å². The molecule has 3 rings (SSSR count). The second kappa shape index (κ2) is 3.06. The van der Waals surface area contributed by atoms with Crippen molar-refractivity contribution in [2.45, 2.75) is 0 Å². The fourth-order valence-electron chi connectivity index (χ4n) is 1.44. The molecule has 5 nitrogen and oxygen atoms in total. The minimum Gasteiger partial charge on any atom is -0.425 e. The van der Waals surface area contributed by atoms with E-state index in [1.54, 1.807) is 17.2 Å². The van der Waals surface area contributed by atoms with Gasteiger partial charge in [-0.25, -0.2) is 0 Å². The van der Waals surface area contributed by atoms with Gasteiger partial charge in [0, 0.05) is 0 Å². The predicted molar refractivity (Wildman–Crippen MR) is 53.9 cm³/mol. The highest BCUT2D eigenvalue weighted by Crippen LogP contribution is 2.24. The van der Waals surface area contributed by atoms with Crippen molar-refractivity contribution in [1.82, 2.24) is 19.7 Å². The summed E-state index contributed by atoms with van der Waals surface area (Å²) in [4.78, 5) is 4.03. The number of benzene rings is 1. The Bertz CT molecular complexity index is 602. The Morgan fingerprint density at radius 2 is 2.00 bits per heavy atom. The molecule has 3 aromatic rings. The van der Waals surface area contributed by atoms with Crippen molar-refractivity contribution in [3.8, 4) is 5.69 Å². The maximum absolute atomic E-state index is 5.70. The lowest BCUT2D eigenvalue weighted by atomic mass is 10.3. The van der Waals surface area contributed by atoms with Crippen molar-refractivity contribution in [3.63, 3.8) is 0 Å². The molecule has 15 heavy (non-hydrogen) atoms. The first-order valence-electron chi connectivity index (χ1n) is 4.24. The molecule has 0 aliphatic carbocycles. The van der Waals surface area contributed by atoms with Gasteiger partial charge in [0.05, 0.1) is 5.69 Å². The van der Waals surface area contributed by atoms with Crippen molar-refractivity contribution >= 4 is 22.7 Å². The van der Waals surface area contributed by atoms with E-state index in [-0.39, 0.29) is 5.35 Å². The van der Waals surface area contributed by atoms with Crippen LogP contribution in [0, 0.1) is 0 Å². The van der Waals surface area contributed by atoms with E-state index < -0.39 is 0 Å². The molecule has 6 heteroatoms. The minimum atomic E-state index is 0.130. The number of aromatic nitrogens is 4. The van der Waals surface area contributed by atoms with Crippen molar-refractivity contribution in [1.29, 1.82) is 0 Å². The summed E-state index contributed by atoms with van der Waals surface area (Å²) < 4.78 is 7.04. The molecule has 0 N–H and O–H groups in total. The Balaban J connectivity index is 2.35. The lowest BCUT2D eigenvalue weighted by Gasteiger charge is -1.99. The Hall–Kier alpha value is -1.88. The number of halogens is 1. The molecular formula is C9H5ClN4O. The van der Waals surface area contributed by atoms with Gasteiger partial charge in [-0.15, -0.1) is 10.2 Å². The summed E-state index contributed by atoms with van der Waals surface area (Å²) in [5.41, 5.74) is 2.16. The fourth-order valence-corrected chi connectivity index (χ4v) is 1.60. The Morgan fingerprint density at radius 1 is 1.20 bits per heavy atom. The first-order valence-corrected chi connectivity index (χ1v) is 4.62. The summed E-state index contributed by atoms with van der Waals surface area (Å²) in [7, 11) is 0. The first-order chi connectivity index (χ1) is 7.34. The van der Waals surface area contributed by atoms with Gasteiger partial charge in [-0.05, 0) is 23.7 Å². The quantitative estimate of drug-likeness (QED) is 0.630. The Morgan fingerprint density at radius 3 is 2.80 bits per heavy atom. The summed E-state index contributed by atoms with van der Waals surface area (Å²) in [5, 5.41) is 7.59. The van der Waals surface area contributed by atoms with Crippen LogP contribution in [0.4, 0.5) is 0 Å². The molecule has 74 valence electrons. The number of oxazole rings is 1. The second-order valence-electron chi connectivity index (χ2n) is 2.96. The third kappa shape index (κ3) is 1.28. The van der Waals surface area contributed by atoms with Gasteiger partial charge in [-0.3, -0.25) is 4.57 Å². The molecule has 0 aliphatic heterocycles. The number of para-hydroxylation sites is 1. The number of rotatable bonds is 1. The lowest BCUT2D eigenvalue weighted by Crippen LogP contribution is -1.89. The molecular weight excluding hydrogens is 216 g/mol. The summed E-state index contributed by atoms with van der Waals surface area (Å²) in [6, 6.07) is 5.59. The van der Waals surface area contributed by atoms with E-state index in [9.17, 15) is 0 Å². The summed E-state index contributed by atoms with van der Waals surface area (Å²) in [6.07, 6.45) is 3.18. The van der Waals surface area contributed by atoms with Gasteiger partial charge in [-0.1, -0.05) is 6.07 Å². The molecule has 0 spiro atoms. The van der Waals surface area contributed by atoms with Crippen LogP contribution in [0.1, 0.15) is 0 Å². The number of nitrogens with zero attached hydrogens (tertiary/aromatic N) is 4. The van der Waals surface area contributed by atoms with Crippen LogP contribution in [0.5, 0.6) is 0 Å². The molecule has 1 aromatic carbocycles. The van der Waals surface area contributed by atoms with Crippen LogP contribution in [-0.2, 0) is 0 Å². The van der Waals surface area contributed by atoms with E-state index in [0.717, 1.165) is 5.69 Å². The third-order valence-corrected chi connectivity index (χ3v) is 2.23. The van der Waals surface area contributed by atoms with Crippen molar-refractivity contribution in [2.24, 2.45) is 0 Å². The minimum absolute atomic E-state index is 0.130. The predicted octanol–water partition coefficient (Wildman–Crippen LogP) is 2.06. The van der Waals surface area contributed by atoms with Gasteiger partial charge < -0.3 is 4.42 Å². The Labute approximate surface area is 89.3 Å². The number of hydrogen-bond acceptors (Lipinski definition) is 4. The molecule has 0 saturated heterocycles. The topological polar surface area (TPSA) is 56.7 Å². The van der Waals surface area contributed by atoms with E-state index in [4.69, 9.17) is 16.0 Å². The normalized spacial score (nSPS) is 11.0. The molecule has 0 fully saturated rings. The zero-order valence-corrected chi connectivity index (χ0v) is 8.22. The largest absolute Gasteiger partial charge is 0.425 e. The molecule has 0 unspecified atom stereocenters. The fraction of sp³-hybridized carbons (Fsp3) is 0. The van der Waals surface area contributed by atoms with E-state index in [1.807, 2.05) is 18.2 Å². The van der Waals surface area contributed by atoms with E-state index >= 15 is 0 Å². The molecule has 0 amide bonds. The SMILES string of the molecule is Clc1nc2cccc(-n3cnnc3)c2o1. The maximum atomic E-state index is 5.70. The van der Waals surface area contributed by atoms with Crippen molar-refractivity contribution in [3.05, 3.63) is 36.2 Å². The van der Waals surface area contributed by atoms with Crippen LogP contribution in [0.3, 0.4) is 0 Å². The number of fused-ring (bicyclic) bond motifs is 1. The van der Waals surface area contributed by atoms with Crippen LogP contribution in [0.25, 0.3) is 16.8 Å². The molecule has 0 atom stereocenters. The van der Waals surface area contributed by atoms with Gasteiger partial charge in [0.2, 0.25) is 0 Å². The molecule has 2 aromatic heterocycles. The lowest BCUT2D eigenvalue weighted by molar-refractivity contribution is 0.602. The summed E-state index contributed by atoms with van der Waals surface area (Å²) >= 11 is 5.70. The zero-order valence-electron chi connectivity index (χ0n) is 7.46. The Kier molecular flexibility index (Phi) is 1.72. The highest BCUT2D eigenvalue weighted by Gasteiger charge is 2.09. The first kappa shape index (κ1) is 8.43. The van der Waals surface area contributed by atoms with E-state index in [2.05, 4.69) is 15.2 Å². The van der Waals surface area contributed by atoms with E-state index in [0.29, 0.717) is 11.1 Å². The summed E-state index contributed by atoms with van der Waals surface area (Å²) in [6.45, 7) is 0. The summed E-state index contributed by atoms with van der Waals surface area (Å²) in [5.74, 6) is 0. The monoisotopic (exact) mass is 220 g/mol.